The van der Waals surface area contributed by atoms with Crippen LogP contribution < -0.4 is 10.4 Å². The second-order valence-corrected chi connectivity index (χ2v) is 23.3. The molecule has 8 atom stereocenters. The molecule has 9 rings (SSSR count). The number of hydrogen-bond acceptors (Lipinski definition) is 9. The van der Waals surface area contributed by atoms with E-state index in [0.717, 1.165) is 38.5 Å². The van der Waals surface area contributed by atoms with E-state index in [0.29, 0.717) is 85.7 Å². The Kier molecular flexibility index (Phi) is 14.1. The fraction of sp³-hybridized carbons (Fsp3) is 0.640. The number of carbonyl (C=O) groups excluding carboxylic acids is 4. The molecule has 66 heavy (non-hydrogen) atoms. The zero-order valence-electron chi connectivity index (χ0n) is 38.5. The summed E-state index contributed by atoms with van der Waals surface area (Å²) in [5.74, 6) is -3.22. The zero-order chi connectivity index (χ0) is 46.3. The van der Waals surface area contributed by atoms with Gasteiger partial charge in [-0.2, -0.15) is 0 Å². The van der Waals surface area contributed by atoms with Gasteiger partial charge in [0, 0.05) is 40.8 Å². The van der Waals surface area contributed by atoms with Crippen molar-refractivity contribution in [2.75, 3.05) is 20.2 Å². The maximum Gasteiger partial charge on any atom is 0.323 e. The maximum absolute atomic E-state index is 16.8. The van der Waals surface area contributed by atoms with Crippen molar-refractivity contribution in [1.29, 1.82) is 0 Å². The molecule has 3 saturated carbocycles. The van der Waals surface area contributed by atoms with E-state index in [2.05, 4.69) is 32.3 Å². The third kappa shape index (κ3) is 9.75. The van der Waals surface area contributed by atoms with E-state index in [-0.39, 0.29) is 53.6 Å². The quantitative estimate of drug-likeness (QED) is 0.113. The fourth-order valence-electron chi connectivity index (χ4n) is 11.5. The van der Waals surface area contributed by atoms with E-state index >= 15 is 4.39 Å². The first kappa shape index (κ1) is 47.3. The molecule has 1 spiro atoms. The van der Waals surface area contributed by atoms with Crippen molar-refractivity contribution in [2.24, 2.45) is 0 Å². The number of alkyl halides is 2. The summed E-state index contributed by atoms with van der Waals surface area (Å²) in [6, 6.07) is 14.1. The number of esters is 1. The number of likely N-dealkylation sites (tertiary alicyclic amines) is 1. The van der Waals surface area contributed by atoms with E-state index in [4.69, 9.17) is 9.26 Å². The van der Waals surface area contributed by atoms with Crippen LogP contribution in [0.2, 0.25) is 0 Å². The van der Waals surface area contributed by atoms with Gasteiger partial charge < -0.3 is 29.3 Å². The topological polar surface area (TPSA) is 138 Å². The van der Waals surface area contributed by atoms with Gasteiger partial charge in [0.05, 0.1) is 17.6 Å². The molecule has 6 fully saturated rings. The van der Waals surface area contributed by atoms with Crippen LogP contribution in [-0.4, -0.2) is 113 Å². The molecular formula is C50H66F2N5O7PS. The van der Waals surface area contributed by atoms with Gasteiger partial charge >= 0.3 is 13.5 Å². The normalized spacial score (nSPS) is 29.4. The summed E-state index contributed by atoms with van der Waals surface area (Å²) in [7, 11) is -2.29. The Balaban J connectivity index is 0.944. The Morgan fingerprint density at radius 2 is 1.73 bits per heavy atom. The van der Waals surface area contributed by atoms with E-state index in [1.165, 1.54) is 29.9 Å². The highest BCUT2D eigenvalue weighted by atomic mass is 32.1. The molecule has 1 unspecified atom stereocenters. The van der Waals surface area contributed by atoms with Gasteiger partial charge in [0.2, 0.25) is 17.7 Å². The van der Waals surface area contributed by atoms with Gasteiger partial charge in [-0.25, -0.2) is 13.9 Å². The van der Waals surface area contributed by atoms with Crippen molar-refractivity contribution < 1.29 is 41.8 Å². The standard InChI is InChI=1S/C50H66F2N5O7PS/c1-4-23-63-49(61)31(2)54-65(62,64-40-13-9-6-10-14-40)45(52)33-15-20-43-34(24-33)25-44(66-43)46(58)53-41-18-16-37(55(3)39-26-36(51)27-39)28-38-17-19-42(57(38)47(41)59)48(60)56-30-35(29-50(56)21-22-50)32-11-7-5-8-12-32/h5,7-8,11-12,15,20,24-25,31,35-42,45H,4,6,9-10,13-14,16-19,21-23,26-30H2,1-3H3,(H,53,58)(H,54,62)/t31-,35+,36?,37-,38+,39?,41-,42-,45+,65?/m0/s1. The Labute approximate surface area is 391 Å². The summed E-state index contributed by atoms with van der Waals surface area (Å²) in [6.07, 6.45) is 10.1. The van der Waals surface area contributed by atoms with Crippen LogP contribution in [0.1, 0.15) is 149 Å². The molecule has 4 heterocycles. The predicted octanol–water partition coefficient (Wildman–Crippen LogP) is 9.33. The smallest absolute Gasteiger partial charge is 0.323 e. The monoisotopic (exact) mass is 949 g/mol. The van der Waals surface area contributed by atoms with Crippen LogP contribution in [0.3, 0.4) is 0 Å². The lowest BCUT2D eigenvalue weighted by Crippen LogP contribution is -2.59. The lowest BCUT2D eigenvalue weighted by Gasteiger charge is -2.45. The lowest BCUT2D eigenvalue weighted by molar-refractivity contribution is -0.148. The maximum atomic E-state index is 16.8. The summed E-state index contributed by atoms with van der Waals surface area (Å²) in [5.41, 5.74) is 1.13. The summed E-state index contributed by atoms with van der Waals surface area (Å²) < 4.78 is 57.5. The summed E-state index contributed by atoms with van der Waals surface area (Å²) in [6.45, 7) is 4.16. The molecule has 3 saturated heterocycles. The highest BCUT2D eigenvalue weighted by molar-refractivity contribution is 7.57. The van der Waals surface area contributed by atoms with Crippen molar-refractivity contribution in [3.05, 3.63) is 70.6 Å². The van der Waals surface area contributed by atoms with Gasteiger partial charge in [-0.05, 0) is 132 Å². The van der Waals surface area contributed by atoms with Crippen molar-refractivity contribution in [3.63, 3.8) is 0 Å². The van der Waals surface area contributed by atoms with Gasteiger partial charge in [0.1, 0.15) is 24.3 Å². The predicted molar refractivity (Wildman–Crippen MR) is 251 cm³/mol. The average Bonchev–Trinajstić information content (AvgIpc) is 3.58. The van der Waals surface area contributed by atoms with Crippen molar-refractivity contribution in [3.8, 4) is 0 Å². The number of fused-ring (bicyclic) bond motifs is 2. The van der Waals surface area contributed by atoms with E-state index in [1.54, 1.807) is 18.2 Å². The molecule has 0 radical (unpaired) electrons. The first-order chi connectivity index (χ1) is 31.8. The van der Waals surface area contributed by atoms with Crippen molar-refractivity contribution in [2.45, 2.75) is 182 Å². The number of rotatable bonds is 15. The minimum absolute atomic E-state index is 0.00199. The third-order valence-electron chi connectivity index (χ3n) is 15.5. The van der Waals surface area contributed by atoms with Gasteiger partial charge in [-0.1, -0.05) is 62.6 Å². The number of nitrogens with one attached hydrogen (secondary N) is 2. The average molecular weight is 950 g/mol. The largest absolute Gasteiger partial charge is 0.465 e. The summed E-state index contributed by atoms with van der Waals surface area (Å²) >= 11 is 1.21. The fourth-order valence-corrected chi connectivity index (χ4v) is 14.6. The number of hydrogen-bond donors (Lipinski definition) is 2. The second kappa shape index (κ2) is 19.7. The van der Waals surface area contributed by atoms with Gasteiger partial charge in [-0.15, -0.1) is 11.3 Å². The number of thiophene rings is 1. The molecule has 3 aromatic rings. The third-order valence-corrected chi connectivity index (χ3v) is 18.9. The minimum atomic E-state index is -4.33. The van der Waals surface area contributed by atoms with E-state index in [1.807, 2.05) is 37.1 Å². The molecule has 3 amide bonds. The number of carbonyl (C=O) groups is 4. The van der Waals surface area contributed by atoms with Crippen LogP contribution in [0.15, 0.2) is 54.6 Å². The molecule has 358 valence electrons. The van der Waals surface area contributed by atoms with Crippen LogP contribution >= 0.6 is 18.9 Å². The molecule has 16 heteroatoms. The SMILES string of the molecule is CCCOC(=O)[C@H](C)NP(=O)(OC1CCCCC1)[C@@H](F)c1ccc2sc(C(=O)N[C@H]3CC[C@H](N(C)C4CC(F)C4)C[C@H]4CC[C@@H](C(=O)N5C[C@H](c6ccccc6)CC56CC6)N4C3=O)cc2c1. The van der Waals surface area contributed by atoms with Gasteiger partial charge in [0.15, 0.2) is 0 Å². The molecule has 1 aromatic heterocycles. The Morgan fingerprint density at radius 1 is 0.970 bits per heavy atom. The van der Waals surface area contributed by atoms with Crippen LogP contribution in [0.25, 0.3) is 10.1 Å². The number of ether oxygens (including phenoxy) is 1. The Bertz CT molecular complexity index is 2300. The summed E-state index contributed by atoms with van der Waals surface area (Å²) in [4.78, 5) is 63.2. The molecule has 2 aromatic carbocycles. The van der Waals surface area contributed by atoms with Crippen LogP contribution in [0.4, 0.5) is 8.78 Å². The molecule has 3 aliphatic carbocycles. The highest BCUT2D eigenvalue weighted by Crippen LogP contribution is 2.60. The van der Waals surface area contributed by atoms with E-state index < -0.39 is 55.7 Å². The van der Waals surface area contributed by atoms with Crippen molar-refractivity contribution in [1.82, 2.24) is 25.1 Å². The highest BCUT2D eigenvalue weighted by Gasteiger charge is 2.59. The van der Waals surface area contributed by atoms with E-state index in [9.17, 15) is 28.1 Å². The molecule has 6 aliphatic rings. The first-order valence-corrected chi connectivity index (χ1v) is 27.0. The summed E-state index contributed by atoms with van der Waals surface area (Å²) in [5, 5.41) is 6.33. The number of benzene rings is 2. The molecule has 2 N–H and O–H groups in total. The molecule has 3 aliphatic heterocycles. The van der Waals surface area contributed by atoms with Crippen LogP contribution in [0.5, 0.6) is 0 Å². The first-order valence-electron chi connectivity index (χ1n) is 24.5. The lowest BCUT2D eigenvalue weighted by atomic mass is 9.86. The Morgan fingerprint density at radius 3 is 2.44 bits per heavy atom. The Hall–Kier alpha value is -3.75. The van der Waals surface area contributed by atoms with Crippen LogP contribution in [-0.2, 0) is 28.2 Å². The van der Waals surface area contributed by atoms with Gasteiger partial charge in [-0.3, -0.25) is 23.7 Å². The molecule has 12 nitrogen and oxygen atoms in total. The number of halogens is 2. The second-order valence-electron chi connectivity index (χ2n) is 20.1. The number of amides is 3. The molecule has 0 bridgehead atoms. The molecular weight excluding hydrogens is 884 g/mol. The minimum Gasteiger partial charge on any atom is -0.465 e. The van der Waals surface area contributed by atoms with Gasteiger partial charge in [0.25, 0.3) is 5.91 Å². The van der Waals surface area contributed by atoms with Crippen molar-refractivity contribution >= 4 is 52.6 Å². The zero-order valence-corrected chi connectivity index (χ0v) is 40.2. The number of nitrogens with zero attached hydrogens (tertiary/aromatic N) is 3. The van der Waals surface area contributed by atoms with Crippen LogP contribution in [0, 0.1) is 0 Å².